The Morgan fingerprint density at radius 2 is 1.92 bits per heavy atom. The summed E-state index contributed by atoms with van der Waals surface area (Å²) in [7, 11) is 0. The van der Waals surface area contributed by atoms with Gasteiger partial charge in [-0.05, 0) is 48.4 Å². The van der Waals surface area contributed by atoms with Gasteiger partial charge in [0.2, 0.25) is 0 Å². The second-order valence-electron chi connectivity index (χ2n) is 5.42. The maximum Gasteiger partial charge on any atom is 0.276 e. The minimum absolute atomic E-state index is 0.00485. The van der Waals surface area contributed by atoms with Crippen LogP contribution in [-0.4, -0.2) is 15.5 Å². The largest absolute Gasteiger partial charge is 0.545 e. The molecule has 0 radical (unpaired) electrons. The van der Waals surface area contributed by atoms with Crippen LogP contribution in [0.5, 0.6) is 0 Å². The van der Waals surface area contributed by atoms with Crippen molar-refractivity contribution in [3.8, 4) is 0 Å². The van der Waals surface area contributed by atoms with Crippen molar-refractivity contribution in [1.29, 1.82) is 0 Å². The molecule has 0 unspecified atom stereocenters. The lowest BCUT2D eigenvalue weighted by Gasteiger charge is -2.10. The van der Waals surface area contributed by atoms with Gasteiger partial charge in [-0.3, -0.25) is 4.79 Å². The average molecular weight is 337 g/mol. The molecule has 0 aliphatic heterocycles. The number of fused-ring (bicyclic) bond motifs is 1. The highest BCUT2D eigenvalue weighted by Crippen LogP contribution is 2.14. The van der Waals surface area contributed by atoms with E-state index in [1.807, 2.05) is 6.92 Å². The second kappa shape index (κ2) is 6.68. The Hall–Kier alpha value is -3.28. The van der Waals surface area contributed by atoms with Crippen LogP contribution in [0, 0.1) is 5.82 Å². The molecule has 3 aromatic rings. The third kappa shape index (κ3) is 3.33. The number of halogens is 1. The van der Waals surface area contributed by atoms with Crippen LogP contribution in [0.3, 0.4) is 0 Å². The number of carboxylic acids is 1. The summed E-state index contributed by atoms with van der Waals surface area (Å²) in [6.07, 6.45) is 3.18. The van der Waals surface area contributed by atoms with Gasteiger partial charge in [0.15, 0.2) is 0 Å². The Bertz CT molecular complexity index is 1040. The SMILES string of the molecule is CCn1c(=O)c(/C=C/c2ccc(F)cc2)nc2cc(C(=O)[O-])ccc21. The molecule has 0 fully saturated rings. The molecule has 3 rings (SSSR count). The van der Waals surface area contributed by atoms with Crippen molar-refractivity contribution < 1.29 is 14.3 Å². The molecular weight excluding hydrogens is 323 g/mol. The molecule has 0 aliphatic rings. The van der Waals surface area contributed by atoms with Gasteiger partial charge in [0.1, 0.15) is 11.5 Å². The van der Waals surface area contributed by atoms with Crippen molar-refractivity contribution in [1.82, 2.24) is 9.55 Å². The molecule has 2 aromatic carbocycles. The molecule has 0 spiro atoms. The molecule has 0 N–H and O–H groups in total. The standard InChI is InChI=1S/C19H15FN2O3/c1-2-22-17-10-6-13(19(24)25)11-16(17)21-15(18(22)23)9-5-12-3-7-14(20)8-4-12/h3-11H,2H2,1H3,(H,24,25)/p-1/b9-5+. The first kappa shape index (κ1) is 16.6. The van der Waals surface area contributed by atoms with Crippen LogP contribution >= 0.6 is 0 Å². The van der Waals surface area contributed by atoms with Crippen LogP contribution in [0.15, 0.2) is 47.3 Å². The summed E-state index contributed by atoms with van der Waals surface area (Å²) in [5.74, 6) is -1.65. The lowest BCUT2D eigenvalue weighted by atomic mass is 10.1. The molecule has 6 heteroatoms. The van der Waals surface area contributed by atoms with E-state index in [-0.39, 0.29) is 22.6 Å². The number of hydrogen-bond donors (Lipinski definition) is 0. The first-order valence-corrected chi connectivity index (χ1v) is 7.69. The van der Waals surface area contributed by atoms with E-state index in [4.69, 9.17) is 0 Å². The fraction of sp³-hybridized carbons (Fsp3) is 0.105. The molecule has 5 nitrogen and oxygen atoms in total. The molecule has 0 saturated carbocycles. The molecule has 25 heavy (non-hydrogen) atoms. The minimum Gasteiger partial charge on any atom is -0.545 e. The number of aromatic nitrogens is 2. The number of rotatable bonds is 4. The maximum atomic E-state index is 12.9. The zero-order valence-corrected chi connectivity index (χ0v) is 13.4. The van der Waals surface area contributed by atoms with Gasteiger partial charge >= 0.3 is 0 Å². The van der Waals surface area contributed by atoms with E-state index in [1.54, 1.807) is 24.3 Å². The van der Waals surface area contributed by atoms with Crippen molar-refractivity contribution in [3.63, 3.8) is 0 Å². The fourth-order valence-corrected chi connectivity index (χ4v) is 2.57. The van der Waals surface area contributed by atoms with Gasteiger partial charge in [-0.15, -0.1) is 0 Å². The van der Waals surface area contributed by atoms with Gasteiger partial charge in [0.05, 0.1) is 17.0 Å². The number of carbonyl (C=O) groups is 1. The normalized spacial score (nSPS) is 11.3. The summed E-state index contributed by atoms with van der Waals surface area (Å²) in [6, 6.07) is 10.1. The fourth-order valence-electron chi connectivity index (χ4n) is 2.57. The third-order valence-electron chi connectivity index (χ3n) is 3.83. The van der Waals surface area contributed by atoms with Crippen molar-refractivity contribution in [2.45, 2.75) is 13.5 Å². The van der Waals surface area contributed by atoms with E-state index in [0.29, 0.717) is 23.1 Å². The Balaban J connectivity index is 2.13. The summed E-state index contributed by atoms with van der Waals surface area (Å²) in [5, 5.41) is 11.0. The average Bonchev–Trinajstić information content (AvgIpc) is 2.61. The Kier molecular flexibility index (Phi) is 4.43. The van der Waals surface area contributed by atoms with E-state index < -0.39 is 5.97 Å². The Labute approximate surface area is 142 Å². The first-order chi connectivity index (χ1) is 12.0. The first-order valence-electron chi connectivity index (χ1n) is 7.69. The number of aryl methyl sites for hydroxylation is 1. The number of nitrogens with zero attached hydrogens (tertiary/aromatic N) is 2. The van der Waals surface area contributed by atoms with Crippen LogP contribution < -0.4 is 10.7 Å². The van der Waals surface area contributed by atoms with Gasteiger partial charge in [0, 0.05) is 6.54 Å². The van der Waals surface area contributed by atoms with Crippen LogP contribution in [-0.2, 0) is 6.54 Å². The molecule has 0 atom stereocenters. The minimum atomic E-state index is -1.30. The number of aromatic carboxylic acids is 1. The Morgan fingerprint density at radius 3 is 2.56 bits per heavy atom. The summed E-state index contributed by atoms with van der Waals surface area (Å²) in [6.45, 7) is 2.24. The molecule has 0 bridgehead atoms. The number of benzene rings is 2. The molecule has 1 aromatic heterocycles. The highest BCUT2D eigenvalue weighted by atomic mass is 19.1. The van der Waals surface area contributed by atoms with Crippen LogP contribution in [0.25, 0.3) is 23.2 Å². The lowest BCUT2D eigenvalue weighted by Crippen LogP contribution is -2.25. The van der Waals surface area contributed by atoms with E-state index in [2.05, 4.69) is 4.98 Å². The zero-order chi connectivity index (χ0) is 18.0. The van der Waals surface area contributed by atoms with Crippen LogP contribution in [0.4, 0.5) is 4.39 Å². The number of hydrogen-bond acceptors (Lipinski definition) is 4. The third-order valence-corrected chi connectivity index (χ3v) is 3.83. The van der Waals surface area contributed by atoms with Gasteiger partial charge < -0.3 is 14.5 Å². The predicted molar refractivity (Wildman–Crippen MR) is 91.3 cm³/mol. The second-order valence-corrected chi connectivity index (χ2v) is 5.42. The molecule has 126 valence electrons. The van der Waals surface area contributed by atoms with Crippen molar-refractivity contribution in [2.24, 2.45) is 0 Å². The molecule has 1 heterocycles. The highest BCUT2D eigenvalue weighted by Gasteiger charge is 2.09. The number of carbonyl (C=O) groups excluding carboxylic acids is 1. The van der Waals surface area contributed by atoms with E-state index in [1.165, 1.54) is 34.9 Å². The van der Waals surface area contributed by atoms with E-state index in [0.717, 1.165) is 0 Å². The predicted octanol–water partition coefficient (Wildman–Crippen LogP) is 2.09. The summed E-state index contributed by atoms with van der Waals surface area (Å²) in [4.78, 5) is 27.9. The molecule has 0 amide bonds. The topological polar surface area (TPSA) is 75.0 Å². The smallest absolute Gasteiger partial charge is 0.276 e. The number of carboxylic acid groups (broad SMARTS) is 1. The van der Waals surface area contributed by atoms with Crippen LogP contribution in [0.1, 0.15) is 28.5 Å². The van der Waals surface area contributed by atoms with E-state index in [9.17, 15) is 19.1 Å². The summed E-state index contributed by atoms with van der Waals surface area (Å²) in [5.41, 5.74) is 1.55. The van der Waals surface area contributed by atoms with Crippen molar-refractivity contribution in [2.75, 3.05) is 0 Å². The van der Waals surface area contributed by atoms with E-state index >= 15 is 0 Å². The maximum absolute atomic E-state index is 12.9. The van der Waals surface area contributed by atoms with Crippen LogP contribution in [0.2, 0.25) is 0 Å². The highest BCUT2D eigenvalue weighted by molar-refractivity contribution is 5.91. The monoisotopic (exact) mass is 337 g/mol. The molecule has 0 aliphatic carbocycles. The van der Waals surface area contributed by atoms with Gasteiger partial charge in [-0.2, -0.15) is 0 Å². The van der Waals surface area contributed by atoms with Gasteiger partial charge in [-0.1, -0.05) is 24.3 Å². The van der Waals surface area contributed by atoms with Crippen molar-refractivity contribution >= 4 is 29.2 Å². The zero-order valence-electron chi connectivity index (χ0n) is 13.4. The van der Waals surface area contributed by atoms with Crippen molar-refractivity contribution in [3.05, 3.63) is 75.5 Å². The molecular formula is C19H14FN2O3-. The summed E-state index contributed by atoms with van der Waals surface area (Å²) >= 11 is 0. The van der Waals surface area contributed by atoms with Gasteiger partial charge in [0.25, 0.3) is 5.56 Å². The van der Waals surface area contributed by atoms with Gasteiger partial charge in [-0.25, -0.2) is 9.37 Å². The Morgan fingerprint density at radius 1 is 1.20 bits per heavy atom. The lowest BCUT2D eigenvalue weighted by molar-refractivity contribution is -0.255. The summed E-state index contributed by atoms with van der Waals surface area (Å²) < 4.78 is 14.5. The molecule has 0 saturated heterocycles. The quantitative estimate of drug-likeness (QED) is 0.730.